The van der Waals surface area contributed by atoms with Gasteiger partial charge in [-0.25, -0.2) is 13.9 Å². The van der Waals surface area contributed by atoms with Crippen LogP contribution < -0.4 is 31.0 Å². The monoisotopic (exact) mass is 600 g/mol. The molecular formula is C29H44N8O2S2+2. The fourth-order valence-corrected chi connectivity index (χ4v) is 6.68. The van der Waals surface area contributed by atoms with Gasteiger partial charge in [-0.15, -0.1) is 0 Å². The van der Waals surface area contributed by atoms with Gasteiger partial charge in [-0.3, -0.25) is 13.9 Å². The topological polar surface area (TPSA) is 102 Å². The van der Waals surface area contributed by atoms with E-state index < -0.39 is 0 Å². The van der Waals surface area contributed by atoms with E-state index in [0.717, 1.165) is 90.0 Å². The van der Waals surface area contributed by atoms with E-state index in [1.54, 1.807) is 34.2 Å². The van der Waals surface area contributed by atoms with E-state index in [0.29, 0.717) is 25.2 Å². The lowest BCUT2D eigenvalue weighted by Crippen LogP contribution is -2.41. The highest BCUT2D eigenvalue weighted by Crippen LogP contribution is 2.18. The van der Waals surface area contributed by atoms with Crippen molar-refractivity contribution in [2.24, 2.45) is 14.1 Å². The number of thioether (sulfide) groups is 2. The third-order valence-corrected chi connectivity index (χ3v) is 9.70. The van der Waals surface area contributed by atoms with E-state index in [4.69, 9.17) is 9.97 Å². The molecule has 1 aliphatic heterocycles. The number of rotatable bonds is 0. The summed E-state index contributed by atoms with van der Waals surface area (Å²) in [5, 5.41) is 8.88. The Morgan fingerprint density at radius 3 is 1.71 bits per heavy atom. The van der Waals surface area contributed by atoms with Crippen molar-refractivity contribution >= 4 is 35.2 Å². The molecule has 2 N–H and O–H groups in total. The van der Waals surface area contributed by atoms with Gasteiger partial charge in [0.05, 0.1) is 14.1 Å². The van der Waals surface area contributed by atoms with Crippen molar-refractivity contribution in [3.63, 3.8) is 0 Å². The normalized spacial score (nSPS) is 16.1. The molecule has 12 heteroatoms. The smallest absolute Gasteiger partial charge is 0.349 e. The lowest BCUT2D eigenvalue weighted by Gasteiger charge is -2.13. The molecule has 1 aliphatic rings. The Balaban J connectivity index is 1.52. The first-order valence-electron chi connectivity index (χ1n) is 14.5. The molecule has 0 saturated carbocycles. The van der Waals surface area contributed by atoms with E-state index in [2.05, 4.69) is 45.7 Å². The summed E-state index contributed by atoms with van der Waals surface area (Å²) in [6.45, 7) is 8.74. The first kappa shape index (κ1) is 31.1. The molecule has 0 spiro atoms. The Bertz CT molecular complexity index is 1470. The average molecular weight is 601 g/mol. The molecule has 41 heavy (non-hydrogen) atoms. The van der Waals surface area contributed by atoms with E-state index >= 15 is 0 Å². The van der Waals surface area contributed by atoms with Gasteiger partial charge in [0.25, 0.3) is 5.56 Å². The number of hydrogen-bond acceptors (Lipinski definition) is 8. The predicted octanol–water partition coefficient (Wildman–Crippen LogP) is 3.14. The zero-order valence-electron chi connectivity index (χ0n) is 25.0. The van der Waals surface area contributed by atoms with Gasteiger partial charge in [0.2, 0.25) is 11.6 Å². The summed E-state index contributed by atoms with van der Waals surface area (Å²) in [7, 11) is 4.06. The lowest BCUT2D eigenvalue weighted by atomic mass is 10.2. The van der Waals surface area contributed by atoms with Crippen molar-refractivity contribution in [3.05, 3.63) is 56.1 Å². The molecule has 0 aromatic carbocycles. The van der Waals surface area contributed by atoms with Crippen LogP contribution in [0.15, 0.2) is 38.1 Å². The number of nitrogens with zero attached hydrogens (tertiary/aromatic N) is 6. The summed E-state index contributed by atoms with van der Waals surface area (Å²) < 4.78 is 7.30. The molecule has 0 amide bonds. The van der Waals surface area contributed by atoms with Crippen LogP contribution >= 0.6 is 23.5 Å². The van der Waals surface area contributed by atoms with Gasteiger partial charge in [-0.2, -0.15) is 0 Å². The second-order valence-corrected chi connectivity index (χ2v) is 12.8. The van der Waals surface area contributed by atoms with Crippen LogP contribution in [0.1, 0.15) is 55.6 Å². The van der Waals surface area contributed by atoms with Crippen LogP contribution in [-0.2, 0) is 27.2 Å². The first-order chi connectivity index (χ1) is 19.7. The molecule has 0 atom stereocenters. The zero-order valence-corrected chi connectivity index (χ0v) is 26.7. The highest BCUT2D eigenvalue weighted by molar-refractivity contribution is 7.99. The number of hydrogen-bond donors (Lipinski definition) is 2. The standard InChI is InChI=1S/C29H42N8O2S2/c1-21-18-24-30-12-8-6-7-9-13-31-25-19-22(2)35(5)28(33-25)41-17-11-15-37-26(38)20-23(3)36(29(37)39)14-10-16-40-27(32-24)34(21)4/h18-20H,6-17H2,1-5H3/p+2. The highest BCUT2D eigenvalue weighted by atomic mass is 32.2. The first-order valence-corrected chi connectivity index (χ1v) is 16.5. The van der Waals surface area contributed by atoms with Crippen LogP contribution in [0.3, 0.4) is 0 Å². The molecule has 10 nitrogen and oxygen atoms in total. The van der Waals surface area contributed by atoms with Crippen molar-refractivity contribution in [2.45, 2.75) is 82.7 Å². The van der Waals surface area contributed by atoms with Gasteiger partial charge in [-0.1, -0.05) is 12.8 Å². The second-order valence-electron chi connectivity index (χ2n) is 10.6. The Labute approximate surface area is 251 Å². The molecule has 0 radical (unpaired) electrons. The fraction of sp³-hybridized carbons (Fsp3) is 0.586. The minimum Gasteiger partial charge on any atom is -0.349 e. The van der Waals surface area contributed by atoms with Crippen molar-refractivity contribution in [3.8, 4) is 0 Å². The molecule has 0 aliphatic carbocycles. The second kappa shape index (κ2) is 14.9. The summed E-state index contributed by atoms with van der Waals surface area (Å²) in [6.07, 6.45) is 6.00. The molecule has 4 rings (SSSR count). The quantitative estimate of drug-likeness (QED) is 0.300. The van der Waals surface area contributed by atoms with Crippen molar-refractivity contribution in [1.29, 1.82) is 0 Å². The minimum absolute atomic E-state index is 0.230. The molecule has 4 heterocycles. The third-order valence-electron chi connectivity index (χ3n) is 7.47. The molecular weight excluding hydrogens is 557 g/mol. The summed E-state index contributed by atoms with van der Waals surface area (Å²) in [6, 6.07) is 5.75. The molecule has 0 fully saturated rings. The van der Waals surface area contributed by atoms with Gasteiger partial charge in [0.1, 0.15) is 11.4 Å². The molecule has 3 aromatic heterocycles. The Morgan fingerprint density at radius 1 is 0.707 bits per heavy atom. The van der Waals surface area contributed by atoms with Crippen LogP contribution in [-0.4, -0.2) is 43.7 Å². The van der Waals surface area contributed by atoms with Crippen molar-refractivity contribution in [1.82, 2.24) is 19.1 Å². The van der Waals surface area contributed by atoms with Gasteiger partial charge >= 0.3 is 16.0 Å². The minimum atomic E-state index is -0.234. The molecule has 0 saturated heterocycles. The molecule has 3 aromatic rings. The van der Waals surface area contributed by atoms with Gasteiger partial charge in [-0.05, 0) is 79.9 Å². The highest BCUT2D eigenvalue weighted by Gasteiger charge is 2.18. The summed E-state index contributed by atoms with van der Waals surface area (Å²) in [4.78, 5) is 35.7. The SMILES string of the molecule is Cc1cc(=O)n2c(=O)n1CCCSc1nc(cc(C)[n+]1C)NCCCCCCNc1cc(C)[n+](C)c(n1)SCCC2. The maximum atomic E-state index is 13.3. The van der Waals surface area contributed by atoms with Crippen molar-refractivity contribution in [2.75, 3.05) is 35.2 Å². The van der Waals surface area contributed by atoms with Crippen LogP contribution in [0, 0.1) is 20.8 Å². The van der Waals surface area contributed by atoms with E-state index in [-0.39, 0.29) is 11.2 Å². The zero-order chi connectivity index (χ0) is 29.4. The Hall–Kier alpha value is -2.86. The van der Waals surface area contributed by atoms with Crippen LogP contribution in [0.4, 0.5) is 11.6 Å². The van der Waals surface area contributed by atoms with Crippen LogP contribution in [0.25, 0.3) is 0 Å². The van der Waals surface area contributed by atoms with E-state index in [9.17, 15) is 9.59 Å². The van der Waals surface area contributed by atoms with Crippen LogP contribution in [0.2, 0.25) is 0 Å². The maximum Gasteiger partial charge on any atom is 0.361 e. The average Bonchev–Trinajstić information content (AvgIpc) is 2.93. The predicted molar refractivity (Wildman–Crippen MR) is 166 cm³/mol. The lowest BCUT2D eigenvalue weighted by molar-refractivity contribution is -0.718. The summed E-state index contributed by atoms with van der Waals surface area (Å²) in [5.74, 6) is 3.38. The maximum absolute atomic E-state index is 13.3. The number of anilines is 2. The number of aromatic nitrogens is 6. The fourth-order valence-electron chi connectivity index (χ4n) is 4.76. The third kappa shape index (κ3) is 8.34. The number of fused-ring (bicyclic) bond motifs is 6. The van der Waals surface area contributed by atoms with E-state index in [1.807, 2.05) is 21.0 Å². The molecule has 222 valence electrons. The number of nitrogens with one attached hydrogen (secondary N) is 2. The summed E-state index contributed by atoms with van der Waals surface area (Å²) in [5.41, 5.74) is 2.52. The Morgan fingerprint density at radius 2 is 1.20 bits per heavy atom. The Kier molecular flexibility index (Phi) is 11.3. The van der Waals surface area contributed by atoms with Gasteiger partial charge in [0, 0.05) is 61.6 Å². The number of aryl methyl sites for hydroxylation is 3. The van der Waals surface area contributed by atoms with E-state index in [1.165, 1.54) is 4.57 Å². The van der Waals surface area contributed by atoms with Crippen molar-refractivity contribution < 1.29 is 9.13 Å². The molecule has 0 unspecified atom stereocenters. The molecule has 6 bridgehead atoms. The largest absolute Gasteiger partial charge is 0.361 e. The van der Waals surface area contributed by atoms with Crippen LogP contribution in [0.5, 0.6) is 0 Å². The van der Waals surface area contributed by atoms with Gasteiger partial charge in [0.15, 0.2) is 0 Å². The van der Waals surface area contributed by atoms with Gasteiger partial charge < -0.3 is 10.6 Å². The summed E-state index contributed by atoms with van der Waals surface area (Å²) >= 11 is 3.35.